The Morgan fingerprint density at radius 1 is 1.04 bits per heavy atom. The van der Waals surface area contributed by atoms with Gasteiger partial charge in [0.05, 0.1) is 0 Å². The third-order valence-electron chi connectivity index (χ3n) is 4.24. The molecule has 0 atom stereocenters. The maximum atomic E-state index is 10.1. The minimum atomic E-state index is -0.180. The van der Waals surface area contributed by atoms with Gasteiger partial charge in [-0.05, 0) is 30.0 Å². The van der Waals surface area contributed by atoms with Crippen LogP contribution in [0.4, 0.5) is 0 Å². The van der Waals surface area contributed by atoms with Crippen molar-refractivity contribution < 1.29 is 9.84 Å². The van der Waals surface area contributed by atoms with Crippen LogP contribution >= 0.6 is 11.8 Å². The van der Waals surface area contributed by atoms with Crippen LogP contribution in [-0.2, 0) is 5.41 Å². The van der Waals surface area contributed by atoms with Gasteiger partial charge < -0.3 is 9.84 Å². The van der Waals surface area contributed by atoms with Crippen LogP contribution in [0.3, 0.4) is 0 Å². The van der Waals surface area contributed by atoms with Crippen molar-refractivity contribution in [3.8, 4) is 17.5 Å². The number of hydrogen-bond acceptors (Lipinski definition) is 6. The second-order valence-corrected chi connectivity index (χ2v) is 8.76. The summed E-state index contributed by atoms with van der Waals surface area (Å²) in [5, 5.41) is 10.8. The highest BCUT2D eigenvalue weighted by Crippen LogP contribution is 2.34. The van der Waals surface area contributed by atoms with Crippen LogP contribution in [-0.4, -0.2) is 25.8 Å². The lowest BCUT2D eigenvalue weighted by atomic mass is 9.86. The number of unbranched alkanes of at least 4 members (excludes halogenated alkanes) is 5. The van der Waals surface area contributed by atoms with E-state index in [1.54, 1.807) is 23.9 Å². The molecule has 0 aliphatic carbocycles. The average molecular weight is 390 g/mol. The number of phenols is 1. The highest BCUT2D eigenvalue weighted by Gasteiger charge is 2.19. The Labute approximate surface area is 167 Å². The number of ether oxygens (including phenoxy) is 1. The predicted octanol–water partition coefficient (Wildman–Crippen LogP) is 6.12. The fraction of sp³-hybridized carbons (Fsp3) is 0.571. The quantitative estimate of drug-likeness (QED) is 0.390. The molecule has 2 aromatic rings. The van der Waals surface area contributed by atoms with E-state index in [1.165, 1.54) is 44.9 Å². The molecule has 0 bridgehead atoms. The van der Waals surface area contributed by atoms with Gasteiger partial charge in [-0.3, -0.25) is 0 Å². The fourth-order valence-corrected chi connectivity index (χ4v) is 3.51. The van der Waals surface area contributed by atoms with Crippen LogP contribution in [0.15, 0.2) is 29.7 Å². The highest BCUT2D eigenvalue weighted by molar-refractivity contribution is 7.99. The fourth-order valence-electron chi connectivity index (χ4n) is 2.72. The monoisotopic (exact) mass is 389 g/mol. The molecule has 0 saturated heterocycles. The number of aromatic nitrogens is 3. The number of phenolic OH excluding ortho intramolecular Hbond substituents is 1. The molecule has 0 saturated carbocycles. The molecule has 0 amide bonds. The van der Waals surface area contributed by atoms with Crippen molar-refractivity contribution in [2.24, 2.45) is 0 Å². The molecule has 27 heavy (non-hydrogen) atoms. The van der Waals surface area contributed by atoms with Gasteiger partial charge in [-0.25, -0.2) is 4.98 Å². The van der Waals surface area contributed by atoms with Gasteiger partial charge >= 0.3 is 6.01 Å². The van der Waals surface area contributed by atoms with Gasteiger partial charge in [0, 0.05) is 11.3 Å². The Morgan fingerprint density at radius 3 is 2.52 bits per heavy atom. The molecule has 0 unspecified atom stereocenters. The molecule has 1 aromatic heterocycles. The number of hydrogen-bond donors (Lipinski definition) is 1. The summed E-state index contributed by atoms with van der Waals surface area (Å²) in [5.74, 6) is 1.87. The zero-order valence-electron chi connectivity index (χ0n) is 16.9. The summed E-state index contributed by atoms with van der Waals surface area (Å²) in [5.41, 5.74) is 0.646. The number of thioether (sulfide) groups is 1. The zero-order chi connectivity index (χ0) is 19.7. The topological polar surface area (TPSA) is 68.1 Å². The van der Waals surface area contributed by atoms with E-state index < -0.39 is 0 Å². The molecule has 0 spiro atoms. The summed E-state index contributed by atoms with van der Waals surface area (Å²) < 4.78 is 5.79. The van der Waals surface area contributed by atoms with Gasteiger partial charge in [-0.2, -0.15) is 9.97 Å². The van der Waals surface area contributed by atoms with E-state index in [9.17, 15) is 5.11 Å². The molecule has 0 fully saturated rings. The van der Waals surface area contributed by atoms with E-state index in [2.05, 4.69) is 21.9 Å². The van der Waals surface area contributed by atoms with Gasteiger partial charge in [0.25, 0.3) is 0 Å². The Morgan fingerprint density at radius 2 is 1.78 bits per heavy atom. The normalized spacial score (nSPS) is 11.6. The molecular formula is C21H31N3O2S. The Balaban J connectivity index is 1.90. The highest BCUT2D eigenvalue weighted by atomic mass is 32.2. The van der Waals surface area contributed by atoms with Crippen molar-refractivity contribution in [1.29, 1.82) is 0 Å². The molecule has 1 heterocycles. The van der Waals surface area contributed by atoms with Gasteiger partial charge in [-0.1, -0.05) is 71.6 Å². The molecule has 6 heteroatoms. The number of nitrogens with zero attached hydrogens (tertiary/aromatic N) is 3. The lowest BCUT2D eigenvalue weighted by Gasteiger charge is -2.21. The van der Waals surface area contributed by atoms with E-state index >= 15 is 0 Å². The van der Waals surface area contributed by atoms with Gasteiger partial charge in [-0.15, -0.1) is 0 Å². The first-order valence-corrected chi connectivity index (χ1v) is 10.7. The van der Waals surface area contributed by atoms with Crippen LogP contribution in [0.1, 0.15) is 71.8 Å². The van der Waals surface area contributed by atoms with E-state index in [0.29, 0.717) is 10.9 Å². The van der Waals surface area contributed by atoms with Crippen LogP contribution in [0.2, 0.25) is 0 Å². The van der Waals surface area contributed by atoms with E-state index in [4.69, 9.17) is 4.74 Å². The van der Waals surface area contributed by atoms with E-state index in [0.717, 1.165) is 11.3 Å². The van der Waals surface area contributed by atoms with Crippen molar-refractivity contribution in [1.82, 2.24) is 15.0 Å². The van der Waals surface area contributed by atoms with Crippen molar-refractivity contribution >= 4 is 11.8 Å². The maximum absolute atomic E-state index is 10.1. The van der Waals surface area contributed by atoms with E-state index in [-0.39, 0.29) is 17.2 Å². The van der Waals surface area contributed by atoms with Gasteiger partial charge in [0.2, 0.25) is 0 Å². The summed E-state index contributed by atoms with van der Waals surface area (Å²) >= 11 is 1.64. The summed E-state index contributed by atoms with van der Waals surface area (Å²) in [6.45, 7) is 8.38. The van der Waals surface area contributed by atoms with Crippen molar-refractivity contribution in [3.63, 3.8) is 0 Å². The third-order valence-corrected chi connectivity index (χ3v) is 5.19. The molecule has 0 aliphatic rings. The minimum Gasteiger partial charge on any atom is -0.508 e. The third kappa shape index (κ3) is 7.37. The first kappa shape index (κ1) is 21.5. The molecule has 2 rings (SSSR count). The van der Waals surface area contributed by atoms with Crippen molar-refractivity contribution in [2.75, 3.05) is 5.75 Å². The summed E-state index contributed by atoms with van der Waals surface area (Å²) in [7, 11) is 0. The Bertz CT molecular complexity index is 717. The summed E-state index contributed by atoms with van der Waals surface area (Å²) in [4.78, 5) is 12.7. The molecule has 1 N–H and O–H groups in total. The van der Waals surface area contributed by atoms with E-state index in [1.807, 2.05) is 26.8 Å². The van der Waals surface area contributed by atoms with Crippen LogP contribution in [0, 0.1) is 0 Å². The van der Waals surface area contributed by atoms with Crippen molar-refractivity contribution in [3.05, 3.63) is 30.1 Å². The SMILES string of the molecule is CCCCCCCCSc1ncnc(Oc2ccc(O)c(C(C)(C)C)c2)n1. The van der Waals surface area contributed by atoms with Gasteiger partial charge in [0.15, 0.2) is 5.16 Å². The van der Waals surface area contributed by atoms with Crippen LogP contribution in [0.5, 0.6) is 17.5 Å². The average Bonchev–Trinajstić information content (AvgIpc) is 2.62. The Hall–Kier alpha value is -1.82. The number of benzene rings is 1. The smallest absolute Gasteiger partial charge is 0.325 e. The first-order valence-electron chi connectivity index (χ1n) is 9.73. The lowest BCUT2D eigenvalue weighted by molar-refractivity contribution is 0.419. The summed E-state index contributed by atoms with van der Waals surface area (Å²) in [6, 6.07) is 5.48. The van der Waals surface area contributed by atoms with Gasteiger partial charge in [0.1, 0.15) is 17.8 Å². The molecule has 1 aromatic carbocycles. The predicted molar refractivity (Wildman–Crippen MR) is 111 cm³/mol. The second-order valence-electron chi connectivity index (χ2n) is 7.70. The standard InChI is InChI=1S/C21H31N3O2S/c1-5-6-7-8-9-10-13-27-20-23-15-22-19(24-20)26-16-11-12-18(25)17(14-16)21(2,3)4/h11-12,14-15,25H,5-10,13H2,1-4H3. The largest absolute Gasteiger partial charge is 0.508 e. The molecule has 0 aliphatic heterocycles. The number of rotatable bonds is 10. The molecular weight excluding hydrogens is 358 g/mol. The molecule has 0 radical (unpaired) electrons. The zero-order valence-corrected chi connectivity index (χ0v) is 17.7. The maximum Gasteiger partial charge on any atom is 0.325 e. The Kier molecular flexibility index (Phi) is 8.35. The number of aromatic hydroxyl groups is 1. The second kappa shape index (κ2) is 10.5. The minimum absolute atomic E-state index is 0.180. The molecule has 148 valence electrons. The van der Waals surface area contributed by atoms with Crippen LogP contribution in [0.25, 0.3) is 0 Å². The van der Waals surface area contributed by atoms with Crippen LogP contribution < -0.4 is 4.74 Å². The molecule has 5 nitrogen and oxygen atoms in total. The van der Waals surface area contributed by atoms with Crippen molar-refractivity contribution in [2.45, 2.75) is 76.8 Å². The first-order chi connectivity index (χ1) is 12.9. The lowest BCUT2D eigenvalue weighted by Crippen LogP contribution is -2.11. The summed E-state index contributed by atoms with van der Waals surface area (Å²) in [6.07, 6.45) is 9.14.